The van der Waals surface area contributed by atoms with Gasteiger partial charge in [-0.05, 0) is 31.5 Å². The molecule has 0 fully saturated rings. The van der Waals surface area contributed by atoms with Crippen LogP contribution in [0, 0.1) is 0 Å². The van der Waals surface area contributed by atoms with Crippen LogP contribution < -0.4 is 10.1 Å². The van der Waals surface area contributed by atoms with Gasteiger partial charge in [0.1, 0.15) is 11.4 Å². The highest BCUT2D eigenvalue weighted by molar-refractivity contribution is 5.97. The Balaban J connectivity index is 1.67. The summed E-state index contributed by atoms with van der Waals surface area (Å²) >= 11 is 0. The van der Waals surface area contributed by atoms with Gasteiger partial charge in [0.05, 0.1) is 18.3 Å². The second-order valence-corrected chi connectivity index (χ2v) is 7.64. The molecular weight excluding hydrogens is 398 g/mol. The molecule has 3 unspecified atom stereocenters. The van der Waals surface area contributed by atoms with Gasteiger partial charge in [-0.1, -0.05) is 12.1 Å². The minimum Gasteiger partial charge on any atom is -0.480 e. The first-order chi connectivity index (χ1) is 14.3. The van der Waals surface area contributed by atoms with Crippen molar-refractivity contribution in [2.24, 2.45) is 0 Å². The first kappa shape index (κ1) is 20.3. The van der Waals surface area contributed by atoms with Crippen LogP contribution >= 0.6 is 0 Å². The van der Waals surface area contributed by atoms with Gasteiger partial charge in [0.2, 0.25) is 0 Å². The van der Waals surface area contributed by atoms with E-state index < -0.39 is 24.7 Å². The minimum atomic E-state index is -2.92. The molecule has 0 saturated carbocycles. The number of nitrogens with zero attached hydrogens (tertiary/aromatic N) is 3. The van der Waals surface area contributed by atoms with Crippen LogP contribution in [0.15, 0.2) is 24.3 Å². The van der Waals surface area contributed by atoms with Crippen LogP contribution in [0.2, 0.25) is 0 Å². The fraction of sp³-hybridized carbons (Fsp3) is 0.450. The number of rotatable bonds is 5. The standard InChI is InChI=1S/C20H22F2N4O4/c1-10-7-15-14(8-23-10)17-18(27)25(9-16(19(28)29)26(17)24-15)11(2)12-3-5-13(6-4-12)30-20(21)22/h3-6,10-11,16,20,23H,7-9H2,1-2H3,(H,28,29). The monoisotopic (exact) mass is 420 g/mol. The molecule has 0 saturated heterocycles. The molecule has 1 amide bonds. The number of hydrogen-bond donors (Lipinski definition) is 2. The molecule has 0 radical (unpaired) electrons. The summed E-state index contributed by atoms with van der Waals surface area (Å²) in [6.07, 6.45) is 0.621. The maximum atomic E-state index is 13.3. The van der Waals surface area contributed by atoms with Gasteiger partial charge < -0.3 is 20.1 Å². The van der Waals surface area contributed by atoms with Crippen molar-refractivity contribution in [1.82, 2.24) is 20.0 Å². The Kier molecular flexibility index (Phi) is 5.19. The van der Waals surface area contributed by atoms with Gasteiger partial charge >= 0.3 is 12.6 Å². The number of aromatic nitrogens is 2. The largest absolute Gasteiger partial charge is 0.480 e. The summed E-state index contributed by atoms with van der Waals surface area (Å²) in [4.78, 5) is 26.8. The number of ether oxygens (including phenoxy) is 1. The molecule has 4 rings (SSSR count). The predicted molar refractivity (Wildman–Crippen MR) is 101 cm³/mol. The van der Waals surface area contributed by atoms with E-state index >= 15 is 0 Å². The molecule has 2 aromatic rings. The van der Waals surface area contributed by atoms with E-state index in [1.807, 2.05) is 6.92 Å². The molecule has 160 valence electrons. The molecule has 1 aromatic heterocycles. The number of hydrogen-bond acceptors (Lipinski definition) is 5. The van der Waals surface area contributed by atoms with Gasteiger partial charge in [0.25, 0.3) is 5.91 Å². The number of halogens is 2. The maximum absolute atomic E-state index is 13.3. The average Bonchev–Trinajstić information content (AvgIpc) is 3.06. The zero-order chi connectivity index (χ0) is 21.6. The second kappa shape index (κ2) is 7.67. The zero-order valence-electron chi connectivity index (χ0n) is 16.5. The van der Waals surface area contributed by atoms with Gasteiger partial charge in [-0.3, -0.25) is 4.79 Å². The van der Waals surface area contributed by atoms with Crippen molar-refractivity contribution in [1.29, 1.82) is 0 Å². The first-order valence-electron chi connectivity index (χ1n) is 9.68. The topological polar surface area (TPSA) is 96.7 Å². The van der Waals surface area contributed by atoms with Crippen LogP contribution in [-0.2, 0) is 17.8 Å². The van der Waals surface area contributed by atoms with Crippen LogP contribution in [0.3, 0.4) is 0 Å². The molecule has 2 N–H and O–H groups in total. The molecular formula is C20H22F2N4O4. The van der Waals surface area contributed by atoms with Crippen LogP contribution in [0.4, 0.5) is 8.78 Å². The van der Waals surface area contributed by atoms with Gasteiger partial charge in [0.15, 0.2) is 6.04 Å². The highest BCUT2D eigenvalue weighted by Gasteiger charge is 2.42. The Bertz CT molecular complexity index is 976. The fourth-order valence-corrected chi connectivity index (χ4v) is 4.06. The van der Waals surface area contributed by atoms with E-state index in [0.29, 0.717) is 24.2 Å². The average molecular weight is 420 g/mol. The number of carboxylic acid groups (broad SMARTS) is 1. The Morgan fingerprint density at radius 3 is 2.67 bits per heavy atom. The number of fused-ring (bicyclic) bond motifs is 3. The van der Waals surface area contributed by atoms with Crippen molar-refractivity contribution >= 4 is 11.9 Å². The molecule has 2 aliphatic heterocycles. The van der Waals surface area contributed by atoms with E-state index in [1.54, 1.807) is 19.1 Å². The lowest BCUT2D eigenvalue weighted by atomic mass is 9.99. The Morgan fingerprint density at radius 1 is 1.33 bits per heavy atom. The van der Waals surface area contributed by atoms with E-state index in [0.717, 1.165) is 11.3 Å². The third-order valence-corrected chi connectivity index (χ3v) is 5.69. The molecule has 10 heteroatoms. The van der Waals surface area contributed by atoms with Gasteiger partial charge in [-0.15, -0.1) is 0 Å². The Labute approximate surface area is 171 Å². The molecule has 1 aromatic carbocycles. The summed E-state index contributed by atoms with van der Waals surface area (Å²) in [7, 11) is 0. The molecule has 3 atom stereocenters. The van der Waals surface area contributed by atoms with Gasteiger partial charge in [-0.25, -0.2) is 9.48 Å². The molecule has 0 bridgehead atoms. The maximum Gasteiger partial charge on any atom is 0.387 e. The lowest BCUT2D eigenvalue weighted by molar-refractivity contribution is -0.142. The Morgan fingerprint density at radius 2 is 2.03 bits per heavy atom. The lowest BCUT2D eigenvalue weighted by Crippen LogP contribution is -2.47. The minimum absolute atomic E-state index is 0.0154. The number of alkyl halides is 2. The quantitative estimate of drug-likeness (QED) is 0.771. The highest BCUT2D eigenvalue weighted by atomic mass is 19.3. The number of benzene rings is 1. The van der Waals surface area contributed by atoms with Crippen molar-refractivity contribution in [3.8, 4) is 5.75 Å². The SMILES string of the molecule is CC1Cc2nn3c(c2CN1)C(=O)N(C(C)c1ccc(OC(F)F)cc1)CC3C(=O)O. The van der Waals surface area contributed by atoms with E-state index in [4.69, 9.17) is 0 Å². The van der Waals surface area contributed by atoms with Crippen molar-refractivity contribution in [3.63, 3.8) is 0 Å². The van der Waals surface area contributed by atoms with Gasteiger partial charge in [-0.2, -0.15) is 13.9 Å². The first-order valence-corrected chi connectivity index (χ1v) is 9.68. The normalized spacial score (nSPS) is 21.9. The summed E-state index contributed by atoms with van der Waals surface area (Å²) in [5.74, 6) is -1.35. The number of carbonyl (C=O) groups is 2. The van der Waals surface area contributed by atoms with E-state index in [1.165, 1.54) is 21.7 Å². The summed E-state index contributed by atoms with van der Waals surface area (Å²) in [6, 6.07) is 4.72. The number of carboxylic acids is 1. The molecule has 0 aliphatic carbocycles. The number of amides is 1. The third kappa shape index (κ3) is 3.51. The molecule has 30 heavy (non-hydrogen) atoms. The lowest BCUT2D eigenvalue weighted by Gasteiger charge is -2.36. The van der Waals surface area contributed by atoms with E-state index in [9.17, 15) is 23.5 Å². The summed E-state index contributed by atoms with van der Waals surface area (Å²) in [5, 5.41) is 17.5. The smallest absolute Gasteiger partial charge is 0.387 e. The number of nitrogens with one attached hydrogen (secondary N) is 1. The summed E-state index contributed by atoms with van der Waals surface area (Å²) in [6.45, 7) is 1.27. The molecule has 0 spiro atoms. The van der Waals surface area contributed by atoms with Crippen molar-refractivity contribution in [3.05, 3.63) is 46.8 Å². The second-order valence-electron chi connectivity index (χ2n) is 7.64. The highest BCUT2D eigenvalue weighted by Crippen LogP contribution is 2.33. The molecule has 8 nitrogen and oxygen atoms in total. The van der Waals surface area contributed by atoms with Crippen LogP contribution in [0.1, 0.15) is 53.2 Å². The van der Waals surface area contributed by atoms with Gasteiger partial charge in [0, 0.05) is 24.6 Å². The van der Waals surface area contributed by atoms with Crippen LogP contribution in [0.25, 0.3) is 0 Å². The molecule has 3 heterocycles. The Hall–Kier alpha value is -3.01. The summed E-state index contributed by atoms with van der Waals surface area (Å²) in [5.41, 5.74) is 2.47. The zero-order valence-corrected chi connectivity index (χ0v) is 16.5. The summed E-state index contributed by atoms with van der Waals surface area (Å²) < 4.78 is 30.4. The van der Waals surface area contributed by atoms with E-state index in [-0.39, 0.29) is 24.2 Å². The van der Waals surface area contributed by atoms with Crippen LogP contribution in [-0.4, -0.2) is 50.9 Å². The van der Waals surface area contributed by atoms with Crippen molar-refractivity contribution < 1.29 is 28.2 Å². The number of aliphatic carboxylic acids is 1. The number of carbonyl (C=O) groups excluding carboxylic acids is 1. The van der Waals surface area contributed by atoms with Crippen molar-refractivity contribution in [2.75, 3.05) is 6.54 Å². The fourth-order valence-electron chi connectivity index (χ4n) is 4.06. The van der Waals surface area contributed by atoms with Crippen molar-refractivity contribution in [2.45, 2.75) is 51.6 Å². The predicted octanol–water partition coefficient (Wildman–Crippen LogP) is 2.36. The third-order valence-electron chi connectivity index (χ3n) is 5.69. The molecule has 2 aliphatic rings. The van der Waals surface area contributed by atoms with E-state index in [2.05, 4.69) is 15.2 Å². The van der Waals surface area contributed by atoms with Crippen LogP contribution in [0.5, 0.6) is 5.75 Å².